The van der Waals surface area contributed by atoms with Crippen molar-refractivity contribution in [3.05, 3.63) is 0 Å². The Kier molecular flexibility index (Phi) is 14.5. The zero-order chi connectivity index (χ0) is 29.0. The first-order chi connectivity index (χ1) is 17.5. The van der Waals surface area contributed by atoms with Crippen molar-refractivity contribution >= 4 is 34.2 Å². The van der Waals surface area contributed by atoms with Crippen LogP contribution >= 0.6 is 0 Å². The molecule has 2 heterocycles. The van der Waals surface area contributed by atoms with Crippen molar-refractivity contribution < 1.29 is 38.1 Å². The molecular weight excluding hydrogens is 524 g/mol. The summed E-state index contributed by atoms with van der Waals surface area (Å²) < 4.78 is 26.6. The average molecular weight is 577 g/mol. The minimum atomic E-state index is -1.44. The lowest BCUT2D eigenvalue weighted by Crippen LogP contribution is -2.53. The maximum absolute atomic E-state index is 12.3. The molecular formula is C26H52N2O8Si2. The van der Waals surface area contributed by atoms with Gasteiger partial charge in [-0.1, -0.05) is 39.3 Å². The molecule has 0 saturated carbocycles. The lowest BCUT2D eigenvalue weighted by Gasteiger charge is -2.34. The van der Waals surface area contributed by atoms with Crippen LogP contribution in [-0.2, 0) is 33.3 Å². The molecule has 10 nitrogen and oxygen atoms in total. The van der Waals surface area contributed by atoms with E-state index in [9.17, 15) is 14.4 Å². The van der Waals surface area contributed by atoms with Gasteiger partial charge in [0.1, 0.15) is 11.6 Å². The second-order valence-electron chi connectivity index (χ2n) is 13.3. The third-order valence-corrected chi connectivity index (χ3v) is 7.39. The van der Waals surface area contributed by atoms with E-state index < -0.39 is 33.9 Å². The first kappa shape index (κ1) is 34.6. The third-order valence-electron chi connectivity index (χ3n) is 5.37. The van der Waals surface area contributed by atoms with Gasteiger partial charge >= 0.3 is 18.0 Å². The molecule has 2 atom stereocenters. The summed E-state index contributed by atoms with van der Waals surface area (Å²) in [4.78, 5) is 37.5. The van der Waals surface area contributed by atoms with Crippen LogP contribution in [0.1, 0.15) is 33.6 Å². The highest BCUT2D eigenvalue weighted by Gasteiger charge is 2.32. The topological polar surface area (TPSA) is 113 Å². The molecule has 2 fully saturated rings. The van der Waals surface area contributed by atoms with Crippen molar-refractivity contribution in [2.45, 2.75) is 84.5 Å². The molecule has 2 aliphatic rings. The Balaban J connectivity index is 0.000000437. The molecule has 1 amide bonds. The van der Waals surface area contributed by atoms with Crippen molar-refractivity contribution in [2.24, 2.45) is 5.92 Å². The van der Waals surface area contributed by atoms with E-state index in [2.05, 4.69) is 44.6 Å². The molecule has 0 radical (unpaired) electrons. The molecule has 2 saturated heterocycles. The number of nitrogens with one attached hydrogen (secondary N) is 1. The van der Waals surface area contributed by atoms with E-state index in [4.69, 9.17) is 23.7 Å². The fourth-order valence-electron chi connectivity index (χ4n) is 3.45. The molecule has 2 aliphatic heterocycles. The molecule has 222 valence electrons. The van der Waals surface area contributed by atoms with Crippen molar-refractivity contribution in [1.82, 2.24) is 10.2 Å². The number of hydrogen-bond donors (Lipinski definition) is 1. The Labute approximate surface area is 231 Å². The smallest absolute Gasteiger partial charge is 0.407 e. The van der Waals surface area contributed by atoms with Gasteiger partial charge in [-0.25, -0.2) is 4.79 Å². The zero-order valence-electron chi connectivity index (χ0n) is 25.1. The predicted octanol–water partition coefficient (Wildman–Crippen LogP) is 3.47. The lowest BCUT2D eigenvalue weighted by molar-refractivity contribution is -0.154. The summed E-state index contributed by atoms with van der Waals surface area (Å²) in [5, 5.41) is 2.71. The van der Waals surface area contributed by atoms with Gasteiger partial charge in [-0.15, -0.1) is 0 Å². The number of esters is 2. The molecule has 0 aliphatic carbocycles. The van der Waals surface area contributed by atoms with Crippen LogP contribution in [0.15, 0.2) is 0 Å². The first-order valence-corrected chi connectivity index (χ1v) is 21.1. The van der Waals surface area contributed by atoms with Crippen LogP contribution in [0.2, 0.25) is 39.3 Å². The second-order valence-corrected chi connectivity index (χ2v) is 24.1. The van der Waals surface area contributed by atoms with Gasteiger partial charge in [-0.05, 0) is 33.6 Å². The molecule has 1 N–H and O–H groups in total. The van der Waals surface area contributed by atoms with Gasteiger partial charge in [0.25, 0.3) is 0 Å². The van der Waals surface area contributed by atoms with Crippen LogP contribution in [-0.4, -0.2) is 109 Å². The molecule has 2 rings (SSSR count). The fourth-order valence-corrected chi connectivity index (χ4v) is 4.60. The number of ether oxygens (including phenoxy) is 5. The molecule has 0 aromatic carbocycles. The summed E-state index contributed by atoms with van der Waals surface area (Å²) in [6.45, 7) is 22.3. The van der Waals surface area contributed by atoms with Gasteiger partial charge in [-0.3, -0.25) is 14.5 Å². The Morgan fingerprint density at radius 3 is 2.00 bits per heavy atom. The fraction of sp³-hybridized carbons (Fsp3) is 0.885. The lowest BCUT2D eigenvalue weighted by atomic mass is 10.0. The van der Waals surface area contributed by atoms with Gasteiger partial charge in [0.15, 0.2) is 0 Å². The largest absolute Gasteiger partial charge is 0.469 e. The Bertz CT molecular complexity index is 741. The Morgan fingerprint density at radius 1 is 0.895 bits per heavy atom. The van der Waals surface area contributed by atoms with E-state index in [0.717, 1.165) is 19.4 Å². The normalized spacial score (nSPS) is 21.0. The number of amides is 1. The summed E-state index contributed by atoms with van der Waals surface area (Å²) in [6.07, 6.45) is 2.58. The molecule has 0 spiro atoms. The quantitative estimate of drug-likeness (QED) is 0.250. The molecule has 0 bridgehead atoms. The minimum Gasteiger partial charge on any atom is -0.469 e. The van der Waals surface area contributed by atoms with Gasteiger partial charge in [0.2, 0.25) is 0 Å². The zero-order valence-corrected chi connectivity index (χ0v) is 27.1. The maximum Gasteiger partial charge on any atom is 0.407 e. The highest BCUT2D eigenvalue weighted by Crippen LogP contribution is 2.16. The van der Waals surface area contributed by atoms with Crippen LogP contribution in [0.4, 0.5) is 4.79 Å². The predicted molar refractivity (Wildman–Crippen MR) is 153 cm³/mol. The van der Waals surface area contributed by atoms with E-state index in [0.29, 0.717) is 51.9 Å². The van der Waals surface area contributed by atoms with Gasteiger partial charge in [-0.2, -0.15) is 0 Å². The van der Waals surface area contributed by atoms with E-state index in [1.807, 2.05) is 25.7 Å². The summed E-state index contributed by atoms with van der Waals surface area (Å²) in [5.41, 5.74) is -0.522. The number of rotatable bonds is 9. The first-order valence-electron chi connectivity index (χ1n) is 13.7. The highest BCUT2D eigenvalue weighted by atomic mass is 28.3. The third kappa shape index (κ3) is 16.5. The molecule has 2 unspecified atom stereocenters. The summed E-state index contributed by atoms with van der Waals surface area (Å²) >= 11 is 0. The number of morpholine rings is 1. The van der Waals surface area contributed by atoms with Crippen LogP contribution < -0.4 is 5.32 Å². The Hall–Kier alpha value is -1.48. The maximum atomic E-state index is 12.3. The average Bonchev–Trinajstić information content (AvgIpc) is 2.80. The second kappa shape index (κ2) is 15.9. The van der Waals surface area contributed by atoms with Crippen molar-refractivity contribution in [2.75, 3.05) is 58.5 Å². The highest BCUT2D eigenvalue weighted by molar-refractivity contribution is 6.76. The van der Waals surface area contributed by atoms with E-state index in [-0.39, 0.29) is 17.9 Å². The van der Waals surface area contributed by atoms with Gasteiger partial charge in [0.05, 0.1) is 54.3 Å². The standard InChI is InChI=1S/C16H32N2O5Si.C10H20O3Si/c1-16(2,3)23-15(20)17-7-8-18-9-10-21-11-13(18)14(19)22-12-24(4,5)6;1-14(2,3)8-13-10(11)9-5-4-6-12-7-9/h13H,7-12H2,1-6H3,(H,17,20);9H,4-8H2,1-3H3. The Morgan fingerprint density at radius 2 is 1.47 bits per heavy atom. The number of alkyl carbamates (subject to hydrolysis) is 1. The summed E-state index contributed by atoms with van der Waals surface area (Å²) in [6, 6.07) is -0.407. The van der Waals surface area contributed by atoms with Crippen LogP contribution in [0.3, 0.4) is 0 Å². The minimum absolute atomic E-state index is 0.0138. The number of carbonyl (C=O) groups excluding carboxylic acids is 3. The van der Waals surface area contributed by atoms with E-state index in [1.165, 1.54) is 0 Å². The van der Waals surface area contributed by atoms with Crippen LogP contribution in [0.5, 0.6) is 0 Å². The van der Waals surface area contributed by atoms with Gasteiger partial charge in [0, 0.05) is 26.2 Å². The van der Waals surface area contributed by atoms with Crippen LogP contribution in [0.25, 0.3) is 0 Å². The number of carbonyl (C=O) groups is 3. The van der Waals surface area contributed by atoms with Crippen molar-refractivity contribution in [1.29, 1.82) is 0 Å². The molecule has 12 heteroatoms. The van der Waals surface area contributed by atoms with E-state index >= 15 is 0 Å². The number of hydrogen-bond acceptors (Lipinski definition) is 9. The molecule has 0 aromatic heterocycles. The summed E-state index contributed by atoms with van der Waals surface area (Å²) in [5.74, 6) is -0.318. The summed E-state index contributed by atoms with van der Waals surface area (Å²) in [7, 11) is -2.71. The van der Waals surface area contributed by atoms with Crippen molar-refractivity contribution in [3.63, 3.8) is 0 Å². The van der Waals surface area contributed by atoms with E-state index in [1.54, 1.807) is 0 Å². The SMILES string of the molecule is CC(C)(C)OC(=O)NCCN1CCOCC1C(=O)OC[Si](C)(C)C.C[Si](C)(C)COC(=O)C1CCCOC1. The monoisotopic (exact) mass is 576 g/mol. The van der Waals surface area contributed by atoms with Crippen molar-refractivity contribution in [3.8, 4) is 0 Å². The van der Waals surface area contributed by atoms with Gasteiger partial charge < -0.3 is 29.0 Å². The molecule has 0 aromatic rings. The van der Waals surface area contributed by atoms with Crippen LogP contribution in [0, 0.1) is 5.92 Å². The number of nitrogens with zero attached hydrogens (tertiary/aromatic N) is 1. The molecule has 38 heavy (non-hydrogen) atoms.